The van der Waals surface area contributed by atoms with Crippen LogP contribution < -0.4 is 10.4 Å². The highest BCUT2D eigenvalue weighted by atomic mass is 16.6. The molecule has 3 aromatic rings. The molecular weight excluding hydrogens is 324 g/mol. The molecule has 7 nitrogen and oxygen atoms in total. The summed E-state index contributed by atoms with van der Waals surface area (Å²) in [6.07, 6.45) is 0. The zero-order valence-corrected chi connectivity index (χ0v) is 13.2. The summed E-state index contributed by atoms with van der Waals surface area (Å²) in [7, 11) is 0. The second kappa shape index (κ2) is 6.45. The number of benzene rings is 2. The first-order valence-electron chi connectivity index (χ1n) is 7.43. The Balaban J connectivity index is 2.22. The fourth-order valence-corrected chi connectivity index (χ4v) is 2.51. The van der Waals surface area contributed by atoms with Crippen molar-refractivity contribution in [3.05, 3.63) is 68.6 Å². The molecule has 3 rings (SSSR count). The van der Waals surface area contributed by atoms with Crippen molar-refractivity contribution in [2.75, 3.05) is 6.61 Å². The lowest BCUT2D eigenvalue weighted by molar-refractivity contribution is -0.383. The van der Waals surface area contributed by atoms with Crippen molar-refractivity contribution < 1.29 is 14.1 Å². The first-order valence-corrected chi connectivity index (χ1v) is 7.43. The molecule has 0 amide bonds. The molecule has 0 radical (unpaired) electrons. The Hall–Kier alpha value is -3.66. The van der Waals surface area contributed by atoms with E-state index in [0.717, 1.165) is 5.56 Å². The van der Waals surface area contributed by atoms with Crippen molar-refractivity contribution in [3.63, 3.8) is 0 Å². The van der Waals surface area contributed by atoms with Crippen LogP contribution >= 0.6 is 0 Å². The molecule has 0 saturated heterocycles. The molecule has 7 heteroatoms. The fraction of sp³-hybridized carbons (Fsp3) is 0.111. The highest BCUT2D eigenvalue weighted by molar-refractivity contribution is 5.91. The average molecular weight is 336 g/mol. The van der Waals surface area contributed by atoms with Crippen LogP contribution in [-0.2, 0) is 0 Å². The molecule has 0 fully saturated rings. The quantitative estimate of drug-likeness (QED) is 0.409. The smallest absolute Gasteiger partial charge is 0.354 e. The molecule has 0 bridgehead atoms. The number of nitriles is 1. The zero-order chi connectivity index (χ0) is 18.0. The maximum Gasteiger partial charge on any atom is 0.354 e. The number of fused-ring (bicyclic) bond motifs is 1. The van der Waals surface area contributed by atoms with E-state index < -0.39 is 10.5 Å². The van der Waals surface area contributed by atoms with Gasteiger partial charge >= 0.3 is 11.3 Å². The number of nitro groups is 1. The van der Waals surface area contributed by atoms with Crippen LogP contribution in [0.15, 0.2) is 51.7 Å². The van der Waals surface area contributed by atoms with Crippen molar-refractivity contribution >= 4 is 16.7 Å². The van der Waals surface area contributed by atoms with Crippen LogP contribution in [0, 0.1) is 21.4 Å². The van der Waals surface area contributed by atoms with Crippen LogP contribution in [0.4, 0.5) is 5.69 Å². The van der Waals surface area contributed by atoms with Crippen molar-refractivity contribution in [2.45, 2.75) is 6.92 Å². The maximum absolute atomic E-state index is 11.7. The first kappa shape index (κ1) is 16.2. The lowest BCUT2D eigenvalue weighted by Crippen LogP contribution is -2.04. The Morgan fingerprint density at radius 3 is 2.52 bits per heavy atom. The summed E-state index contributed by atoms with van der Waals surface area (Å²) in [5.41, 5.74) is -0.276. The summed E-state index contributed by atoms with van der Waals surface area (Å²) in [5.74, 6) is 0.694. The molecule has 1 heterocycles. The summed E-state index contributed by atoms with van der Waals surface area (Å²) < 4.78 is 10.4. The van der Waals surface area contributed by atoms with Crippen LogP contribution in [0.5, 0.6) is 5.75 Å². The number of nitro benzene ring substituents is 1. The van der Waals surface area contributed by atoms with E-state index in [4.69, 9.17) is 14.4 Å². The number of nitrogens with zero attached hydrogens (tertiary/aromatic N) is 2. The van der Waals surface area contributed by atoms with Crippen molar-refractivity contribution in [3.8, 4) is 22.9 Å². The van der Waals surface area contributed by atoms with Gasteiger partial charge in [-0.2, -0.15) is 5.26 Å². The largest absolute Gasteiger partial charge is 0.494 e. The molecule has 2 aromatic carbocycles. The van der Waals surface area contributed by atoms with Crippen LogP contribution in [0.1, 0.15) is 12.5 Å². The molecule has 0 aliphatic rings. The summed E-state index contributed by atoms with van der Waals surface area (Å²) in [4.78, 5) is 22.4. The first-order chi connectivity index (χ1) is 12.0. The molecule has 124 valence electrons. The van der Waals surface area contributed by atoms with Gasteiger partial charge in [0.1, 0.15) is 17.4 Å². The van der Waals surface area contributed by atoms with E-state index in [1.165, 1.54) is 12.1 Å². The van der Waals surface area contributed by atoms with Gasteiger partial charge < -0.3 is 9.15 Å². The van der Waals surface area contributed by atoms with Gasteiger partial charge in [0.25, 0.3) is 0 Å². The molecule has 1 aromatic heterocycles. The van der Waals surface area contributed by atoms with E-state index >= 15 is 0 Å². The zero-order valence-electron chi connectivity index (χ0n) is 13.2. The Kier molecular flexibility index (Phi) is 4.18. The summed E-state index contributed by atoms with van der Waals surface area (Å²) in [6, 6.07) is 13.1. The van der Waals surface area contributed by atoms with E-state index in [1.54, 1.807) is 36.4 Å². The Morgan fingerprint density at radius 1 is 1.20 bits per heavy atom. The van der Waals surface area contributed by atoms with Crippen LogP contribution in [0.3, 0.4) is 0 Å². The summed E-state index contributed by atoms with van der Waals surface area (Å²) >= 11 is 0. The molecule has 0 saturated carbocycles. The van der Waals surface area contributed by atoms with Gasteiger partial charge in [-0.1, -0.05) is 12.1 Å². The molecular formula is C18H12N2O5. The monoisotopic (exact) mass is 336 g/mol. The van der Waals surface area contributed by atoms with Gasteiger partial charge in [-0.15, -0.1) is 0 Å². The number of non-ortho nitro benzene ring substituents is 1. The van der Waals surface area contributed by atoms with E-state index in [1.807, 2.05) is 6.92 Å². The Bertz CT molecular complexity index is 1060. The highest BCUT2D eigenvalue weighted by Gasteiger charge is 2.19. The van der Waals surface area contributed by atoms with Crippen molar-refractivity contribution in [1.29, 1.82) is 5.26 Å². The van der Waals surface area contributed by atoms with E-state index in [0.29, 0.717) is 23.3 Å². The Morgan fingerprint density at radius 2 is 1.92 bits per heavy atom. The molecule has 0 aliphatic carbocycles. The normalized spacial score (nSPS) is 10.4. The molecule has 0 spiro atoms. The number of ether oxygens (including phenoxy) is 1. The average Bonchev–Trinajstić information content (AvgIpc) is 2.61. The van der Waals surface area contributed by atoms with Gasteiger partial charge in [-0.05, 0) is 42.3 Å². The van der Waals surface area contributed by atoms with Crippen LogP contribution in [0.25, 0.3) is 22.1 Å². The summed E-state index contributed by atoms with van der Waals surface area (Å²) in [6.45, 7) is 2.41. The van der Waals surface area contributed by atoms with Gasteiger partial charge in [0.2, 0.25) is 5.58 Å². The number of hydrogen-bond donors (Lipinski definition) is 0. The number of hydrogen-bond acceptors (Lipinski definition) is 6. The molecule has 0 aliphatic heterocycles. The minimum Gasteiger partial charge on any atom is -0.494 e. The van der Waals surface area contributed by atoms with Gasteiger partial charge in [0.15, 0.2) is 0 Å². The number of rotatable bonds is 4. The predicted molar refractivity (Wildman–Crippen MR) is 90.5 cm³/mol. The second-order valence-corrected chi connectivity index (χ2v) is 5.19. The molecule has 0 N–H and O–H groups in total. The topological polar surface area (TPSA) is 106 Å². The van der Waals surface area contributed by atoms with Crippen molar-refractivity contribution in [2.24, 2.45) is 0 Å². The van der Waals surface area contributed by atoms with E-state index in [-0.39, 0.29) is 16.8 Å². The third-order valence-electron chi connectivity index (χ3n) is 3.63. The lowest BCUT2D eigenvalue weighted by atomic mass is 10.0. The van der Waals surface area contributed by atoms with Gasteiger partial charge in [-0.25, -0.2) is 4.79 Å². The van der Waals surface area contributed by atoms with Gasteiger partial charge in [0, 0.05) is 11.5 Å². The SMILES string of the molecule is CCOc1ccc(-c2cc([N+](=O)[O-])c3oc(=O)c(C#N)cc3c2)cc1. The third kappa shape index (κ3) is 3.05. The minimum absolute atomic E-state index is 0.149. The minimum atomic E-state index is -0.896. The van der Waals surface area contributed by atoms with Crippen molar-refractivity contribution in [1.82, 2.24) is 0 Å². The summed E-state index contributed by atoms with van der Waals surface area (Å²) in [5, 5.41) is 20.6. The fourth-order valence-electron chi connectivity index (χ4n) is 2.51. The molecule has 0 unspecified atom stereocenters. The standard InChI is InChI=1S/C18H12N2O5/c1-2-24-15-5-3-11(4-6-15)12-7-13-8-14(10-19)18(21)25-17(13)16(9-12)20(22)23/h3-9H,2H2,1H3. The highest BCUT2D eigenvalue weighted by Crippen LogP contribution is 2.32. The van der Waals surface area contributed by atoms with E-state index in [2.05, 4.69) is 0 Å². The Labute approximate surface area is 141 Å². The van der Waals surface area contributed by atoms with Gasteiger partial charge in [0.05, 0.1) is 11.5 Å². The van der Waals surface area contributed by atoms with Crippen LogP contribution in [0.2, 0.25) is 0 Å². The van der Waals surface area contributed by atoms with Crippen LogP contribution in [-0.4, -0.2) is 11.5 Å². The lowest BCUT2D eigenvalue weighted by Gasteiger charge is -2.07. The molecule has 25 heavy (non-hydrogen) atoms. The van der Waals surface area contributed by atoms with Gasteiger partial charge in [-0.3, -0.25) is 10.1 Å². The second-order valence-electron chi connectivity index (χ2n) is 5.19. The third-order valence-corrected chi connectivity index (χ3v) is 3.63. The predicted octanol–water partition coefficient (Wildman–Crippen LogP) is 3.64. The van der Waals surface area contributed by atoms with E-state index in [9.17, 15) is 14.9 Å². The maximum atomic E-state index is 11.7. The molecule has 0 atom stereocenters.